The van der Waals surface area contributed by atoms with Crippen molar-refractivity contribution < 1.29 is 19.4 Å². The molecule has 0 radical (unpaired) electrons. The highest BCUT2D eigenvalue weighted by atomic mass is 16.5. The van der Waals surface area contributed by atoms with Gasteiger partial charge in [0.15, 0.2) is 5.69 Å². The van der Waals surface area contributed by atoms with Crippen LogP contribution in [0.2, 0.25) is 0 Å². The minimum absolute atomic E-state index is 0.0233. The number of carbonyl (C=O) groups excluding carboxylic acids is 1. The van der Waals surface area contributed by atoms with Gasteiger partial charge in [0.2, 0.25) is 5.91 Å². The largest absolute Gasteiger partial charge is 0.476 e. The van der Waals surface area contributed by atoms with Crippen molar-refractivity contribution in [3.63, 3.8) is 0 Å². The Kier molecular flexibility index (Phi) is 4.37. The molecule has 0 aliphatic carbocycles. The Bertz CT molecular complexity index is 559. The fourth-order valence-corrected chi connectivity index (χ4v) is 3.07. The molecule has 0 aromatic carbocycles. The molecular formula is C14H20N4O4. The summed E-state index contributed by atoms with van der Waals surface area (Å²) in [4.78, 5) is 25.5. The highest BCUT2D eigenvalue weighted by molar-refractivity contribution is 5.86. The number of carbonyl (C=O) groups is 2. The Hall–Kier alpha value is -1.96. The average molecular weight is 308 g/mol. The standard InChI is InChI=1S/C14H20N4O4/c19-11(17-6-2-1-3-7-17)9-18-13(10-5-4-8-22-10)12(14(20)21)15-16-18/h10H,1-9H2,(H,20,21). The Morgan fingerprint density at radius 3 is 2.64 bits per heavy atom. The topological polar surface area (TPSA) is 97.5 Å². The number of hydrogen-bond donors (Lipinski definition) is 1. The van der Waals surface area contributed by atoms with Crippen LogP contribution in [0, 0.1) is 0 Å². The van der Waals surface area contributed by atoms with Gasteiger partial charge in [0.25, 0.3) is 0 Å². The van der Waals surface area contributed by atoms with E-state index in [0.717, 1.165) is 45.2 Å². The molecule has 3 heterocycles. The van der Waals surface area contributed by atoms with Gasteiger partial charge in [-0.25, -0.2) is 9.48 Å². The van der Waals surface area contributed by atoms with Crippen LogP contribution in [0.5, 0.6) is 0 Å². The number of likely N-dealkylation sites (tertiary alicyclic amines) is 1. The maximum atomic E-state index is 12.4. The van der Waals surface area contributed by atoms with E-state index in [9.17, 15) is 14.7 Å². The van der Waals surface area contributed by atoms with Crippen LogP contribution in [-0.4, -0.2) is 56.6 Å². The van der Waals surface area contributed by atoms with Crippen molar-refractivity contribution in [3.05, 3.63) is 11.4 Å². The first-order chi connectivity index (χ1) is 10.7. The fourth-order valence-electron chi connectivity index (χ4n) is 3.07. The van der Waals surface area contributed by atoms with Crippen LogP contribution in [0.4, 0.5) is 0 Å². The van der Waals surface area contributed by atoms with Gasteiger partial charge >= 0.3 is 5.97 Å². The lowest BCUT2D eigenvalue weighted by Crippen LogP contribution is -2.38. The second-order valence-electron chi connectivity index (χ2n) is 5.73. The number of rotatable bonds is 4. The van der Waals surface area contributed by atoms with E-state index in [1.165, 1.54) is 4.68 Å². The number of aromatic carboxylic acids is 1. The molecule has 8 heteroatoms. The Morgan fingerprint density at radius 1 is 1.23 bits per heavy atom. The molecule has 1 aromatic heterocycles. The smallest absolute Gasteiger partial charge is 0.358 e. The lowest BCUT2D eigenvalue weighted by atomic mass is 10.1. The number of ether oxygens (including phenoxy) is 1. The number of carboxylic acid groups (broad SMARTS) is 1. The first kappa shape index (κ1) is 15.0. The van der Waals surface area contributed by atoms with E-state index in [4.69, 9.17) is 4.74 Å². The molecule has 1 aromatic rings. The third-order valence-corrected chi connectivity index (χ3v) is 4.20. The van der Waals surface area contributed by atoms with Gasteiger partial charge in [-0.2, -0.15) is 0 Å². The molecule has 2 fully saturated rings. The molecule has 2 aliphatic heterocycles. The summed E-state index contributed by atoms with van der Waals surface area (Å²) < 4.78 is 6.97. The Balaban J connectivity index is 1.80. The normalized spacial score (nSPS) is 22.0. The third-order valence-electron chi connectivity index (χ3n) is 4.20. The van der Waals surface area contributed by atoms with Crippen LogP contribution >= 0.6 is 0 Å². The Morgan fingerprint density at radius 2 is 2.00 bits per heavy atom. The highest BCUT2D eigenvalue weighted by Crippen LogP contribution is 2.30. The van der Waals surface area contributed by atoms with E-state index in [1.54, 1.807) is 0 Å². The van der Waals surface area contributed by atoms with Crippen LogP contribution in [0.1, 0.15) is 54.4 Å². The maximum absolute atomic E-state index is 12.4. The van der Waals surface area contributed by atoms with Crippen molar-refractivity contribution >= 4 is 11.9 Å². The van der Waals surface area contributed by atoms with Crippen molar-refractivity contribution in [1.29, 1.82) is 0 Å². The molecule has 1 atom stereocenters. The predicted octanol–water partition coefficient (Wildman–Crippen LogP) is 0.840. The highest BCUT2D eigenvalue weighted by Gasteiger charge is 2.31. The summed E-state index contributed by atoms with van der Waals surface area (Å²) in [5.41, 5.74) is 0.300. The van der Waals surface area contributed by atoms with Crippen LogP contribution in [0.3, 0.4) is 0 Å². The van der Waals surface area contributed by atoms with Gasteiger partial charge < -0.3 is 14.7 Å². The van der Waals surface area contributed by atoms with E-state index >= 15 is 0 Å². The van der Waals surface area contributed by atoms with E-state index in [1.807, 2.05) is 4.90 Å². The first-order valence-corrected chi connectivity index (χ1v) is 7.73. The number of carboxylic acids is 1. The molecule has 1 N–H and O–H groups in total. The van der Waals surface area contributed by atoms with Crippen LogP contribution in [-0.2, 0) is 16.1 Å². The monoisotopic (exact) mass is 308 g/mol. The molecule has 1 unspecified atom stereocenters. The van der Waals surface area contributed by atoms with E-state index in [-0.39, 0.29) is 24.2 Å². The molecule has 0 spiro atoms. The quantitative estimate of drug-likeness (QED) is 0.885. The summed E-state index contributed by atoms with van der Waals surface area (Å²) in [6.45, 7) is 2.13. The predicted molar refractivity (Wildman–Crippen MR) is 75.3 cm³/mol. The number of amides is 1. The summed E-state index contributed by atoms with van der Waals surface area (Å²) in [5.74, 6) is -1.18. The van der Waals surface area contributed by atoms with Crippen molar-refractivity contribution in [1.82, 2.24) is 19.9 Å². The van der Waals surface area contributed by atoms with Gasteiger partial charge in [-0.1, -0.05) is 5.21 Å². The Labute approximate surface area is 128 Å². The number of hydrogen-bond acceptors (Lipinski definition) is 5. The summed E-state index contributed by atoms with van der Waals surface area (Å²) in [7, 11) is 0. The second kappa shape index (κ2) is 6.43. The molecule has 22 heavy (non-hydrogen) atoms. The second-order valence-corrected chi connectivity index (χ2v) is 5.73. The molecule has 8 nitrogen and oxygen atoms in total. The molecule has 0 saturated carbocycles. The third kappa shape index (κ3) is 2.96. The zero-order valence-corrected chi connectivity index (χ0v) is 12.4. The first-order valence-electron chi connectivity index (χ1n) is 7.73. The van der Waals surface area contributed by atoms with Crippen LogP contribution < -0.4 is 0 Å². The lowest BCUT2D eigenvalue weighted by Gasteiger charge is -2.27. The summed E-state index contributed by atoms with van der Waals surface area (Å²) >= 11 is 0. The molecule has 120 valence electrons. The van der Waals surface area contributed by atoms with Crippen molar-refractivity contribution in [2.45, 2.75) is 44.8 Å². The molecule has 2 saturated heterocycles. The summed E-state index contributed by atoms with van der Waals surface area (Å²) in [5, 5.41) is 16.9. The maximum Gasteiger partial charge on any atom is 0.358 e. The minimum Gasteiger partial charge on any atom is -0.476 e. The molecule has 3 rings (SSSR count). The summed E-state index contributed by atoms with van der Waals surface area (Å²) in [6, 6.07) is 0. The van der Waals surface area contributed by atoms with Gasteiger partial charge in [-0.15, -0.1) is 5.10 Å². The number of piperidine rings is 1. The van der Waals surface area contributed by atoms with Gasteiger partial charge in [0.1, 0.15) is 18.3 Å². The van der Waals surface area contributed by atoms with Crippen molar-refractivity contribution in [2.75, 3.05) is 19.7 Å². The van der Waals surface area contributed by atoms with E-state index in [2.05, 4.69) is 10.3 Å². The summed E-state index contributed by atoms with van der Waals surface area (Å²) in [6.07, 6.45) is 4.44. The molecule has 0 bridgehead atoms. The molecule has 1 amide bonds. The number of nitrogens with zero attached hydrogens (tertiary/aromatic N) is 4. The minimum atomic E-state index is -1.14. The van der Waals surface area contributed by atoms with Gasteiger partial charge in [-0.05, 0) is 32.1 Å². The lowest BCUT2D eigenvalue weighted by molar-refractivity contribution is -0.133. The van der Waals surface area contributed by atoms with E-state index in [0.29, 0.717) is 12.3 Å². The van der Waals surface area contributed by atoms with Crippen LogP contribution in [0.25, 0.3) is 0 Å². The zero-order chi connectivity index (χ0) is 15.5. The van der Waals surface area contributed by atoms with E-state index < -0.39 is 5.97 Å². The zero-order valence-electron chi connectivity index (χ0n) is 12.4. The van der Waals surface area contributed by atoms with Crippen LogP contribution in [0.15, 0.2) is 0 Å². The molecular weight excluding hydrogens is 288 g/mol. The van der Waals surface area contributed by atoms with Gasteiger partial charge in [-0.3, -0.25) is 4.79 Å². The number of aromatic nitrogens is 3. The fraction of sp³-hybridized carbons (Fsp3) is 0.714. The van der Waals surface area contributed by atoms with Gasteiger partial charge in [0, 0.05) is 19.7 Å². The molecule has 2 aliphatic rings. The van der Waals surface area contributed by atoms with Crippen molar-refractivity contribution in [2.24, 2.45) is 0 Å². The SMILES string of the molecule is O=C(O)c1nnn(CC(=O)N2CCCCC2)c1C1CCCO1. The van der Waals surface area contributed by atoms with Gasteiger partial charge in [0.05, 0.1) is 0 Å². The average Bonchev–Trinajstić information content (AvgIpc) is 3.16. The van der Waals surface area contributed by atoms with Crippen molar-refractivity contribution in [3.8, 4) is 0 Å².